The molecular formula is C21H28N2O2. The molecule has 1 unspecified atom stereocenters. The molecule has 0 fully saturated rings. The van der Waals surface area contributed by atoms with Crippen molar-refractivity contribution in [2.24, 2.45) is 0 Å². The second-order valence-electron chi connectivity index (χ2n) is 7.21. The number of benzene rings is 1. The molecule has 2 aliphatic rings. The van der Waals surface area contributed by atoms with Gasteiger partial charge in [0.1, 0.15) is 0 Å². The molecule has 3 rings (SSSR count). The highest BCUT2D eigenvalue weighted by molar-refractivity contribution is 6.01. The van der Waals surface area contributed by atoms with E-state index in [0.717, 1.165) is 42.5 Å². The van der Waals surface area contributed by atoms with E-state index in [0.29, 0.717) is 18.5 Å². The summed E-state index contributed by atoms with van der Waals surface area (Å²) >= 11 is 0. The van der Waals surface area contributed by atoms with Crippen molar-refractivity contribution in [2.45, 2.75) is 51.3 Å². The predicted molar refractivity (Wildman–Crippen MR) is 101 cm³/mol. The average Bonchev–Trinajstić information content (AvgIpc) is 2.83. The highest BCUT2D eigenvalue weighted by Gasteiger charge is 2.48. The molecule has 0 aromatic heterocycles. The van der Waals surface area contributed by atoms with Gasteiger partial charge in [-0.1, -0.05) is 37.6 Å². The lowest BCUT2D eigenvalue weighted by atomic mass is 9.89. The van der Waals surface area contributed by atoms with Crippen molar-refractivity contribution in [2.75, 3.05) is 19.0 Å². The number of carbonyl (C=O) groups is 1. The topological polar surface area (TPSA) is 43.8 Å². The first kappa shape index (κ1) is 17.7. The summed E-state index contributed by atoms with van der Waals surface area (Å²) < 4.78 is 0. The smallest absolute Gasteiger partial charge is 0.256 e. The third-order valence-electron chi connectivity index (χ3n) is 5.25. The molecule has 4 heteroatoms. The molecule has 1 atom stereocenters. The number of hydrogen-bond donors (Lipinski definition) is 1. The number of aliphatic hydroxyl groups is 1. The zero-order valence-electron chi connectivity index (χ0n) is 15.5. The molecule has 1 aliphatic carbocycles. The van der Waals surface area contributed by atoms with Crippen LogP contribution in [0.3, 0.4) is 0 Å². The number of amides is 1. The van der Waals surface area contributed by atoms with Gasteiger partial charge in [-0.3, -0.25) is 4.79 Å². The Morgan fingerprint density at radius 3 is 2.60 bits per heavy atom. The molecule has 1 N–H and O–H groups in total. The molecule has 1 amide bonds. The van der Waals surface area contributed by atoms with Crippen molar-refractivity contribution >= 4 is 11.6 Å². The van der Waals surface area contributed by atoms with Gasteiger partial charge in [-0.25, -0.2) is 0 Å². The summed E-state index contributed by atoms with van der Waals surface area (Å²) in [5.41, 5.74) is 2.65. The first-order chi connectivity index (χ1) is 12.0. The van der Waals surface area contributed by atoms with Crippen LogP contribution in [0, 0.1) is 0 Å². The number of rotatable bonds is 6. The third-order valence-corrected chi connectivity index (χ3v) is 5.25. The Morgan fingerprint density at radius 2 is 1.96 bits per heavy atom. The van der Waals surface area contributed by atoms with Crippen LogP contribution < -0.4 is 4.90 Å². The molecule has 134 valence electrons. The quantitative estimate of drug-likeness (QED) is 0.860. The maximum Gasteiger partial charge on any atom is 0.256 e. The van der Waals surface area contributed by atoms with Crippen molar-refractivity contribution < 1.29 is 9.90 Å². The Balaban J connectivity index is 1.88. The molecule has 0 spiro atoms. The standard InChI is InChI=1S/C21H28N2O2/c1-4-5-14-21(25)19-9-7-6-8-18(19)20(24)23(21)15-16-10-12-17(13-11-16)22(2)3/h6,8,10-13,25H,4-5,7,9,14-15H2,1-3H3. The van der Waals surface area contributed by atoms with Crippen molar-refractivity contribution in [3.8, 4) is 0 Å². The van der Waals surface area contributed by atoms with Crippen LogP contribution in [-0.4, -0.2) is 35.7 Å². The third kappa shape index (κ3) is 3.23. The minimum Gasteiger partial charge on any atom is -0.378 e. The number of carbonyl (C=O) groups excluding carboxylic acids is 1. The molecule has 1 aliphatic heterocycles. The Kier molecular flexibility index (Phi) is 5.00. The monoisotopic (exact) mass is 340 g/mol. The predicted octanol–water partition coefficient (Wildman–Crippen LogP) is 3.62. The van der Waals surface area contributed by atoms with Crippen LogP contribution in [0.2, 0.25) is 0 Å². The van der Waals surface area contributed by atoms with Gasteiger partial charge in [-0.15, -0.1) is 0 Å². The van der Waals surface area contributed by atoms with Crippen LogP contribution in [0.25, 0.3) is 0 Å². The van der Waals surface area contributed by atoms with Gasteiger partial charge >= 0.3 is 0 Å². The molecule has 0 bridgehead atoms. The molecule has 4 nitrogen and oxygen atoms in total. The molecule has 0 saturated carbocycles. The zero-order chi connectivity index (χ0) is 18.0. The lowest BCUT2D eigenvalue weighted by molar-refractivity contribution is -0.145. The molecule has 0 saturated heterocycles. The Morgan fingerprint density at radius 1 is 1.24 bits per heavy atom. The average molecular weight is 340 g/mol. The van der Waals surface area contributed by atoms with Gasteiger partial charge < -0.3 is 14.9 Å². The van der Waals surface area contributed by atoms with Crippen molar-refractivity contribution in [3.05, 3.63) is 53.1 Å². The fourth-order valence-electron chi connectivity index (χ4n) is 3.75. The Labute approximate surface area is 150 Å². The highest BCUT2D eigenvalue weighted by atomic mass is 16.3. The van der Waals surface area contributed by atoms with Crippen molar-refractivity contribution in [1.29, 1.82) is 0 Å². The minimum absolute atomic E-state index is 0.0405. The van der Waals surface area contributed by atoms with Gasteiger partial charge in [0.05, 0.1) is 0 Å². The fraction of sp³-hybridized carbons (Fsp3) is 0.476. The van der Waals surface area contributed by atoms with E-state index in [1.807, 2.05) is 55.4 Å². The summed E-state index contributed by atoms with van der Waals surface area (Å²) in [5.74, 6) is -0.0405. The minimum atomic E-state index is -1.13. The van der Waals surface area contributed by atoms with Crippen LogP contribution in [0.1, 0.15) is 44.6 Å². The van der Waals surface area contributed by atoms with E-state index in [2.05, 4.69) is 6.92 Å². The van der Waals surface area contributed by atoms with E-state index in [9.17, 15) is 9.90 Å². The van der Waals surface area contributed by atoms with Crippen molar-refractivity contribution in [3.63, 3.8) is 0 Å². The summed E-state index contributed by atoms with van der Waals surface area (Å²) in [6, 6.07) is 8.18. The van der Waals surface area contributed by atoms with E-state index < -0.39 is 5.72 Å². The van der Waals surface area contributed by atoms with Gasteiger partial charge in [-0.2, -0.15) is 0 Å². The Bertz CT molecular complexity index is 703. The van der Waals surface area contributed by atoms with Crippen LogP contribution in [0.5, 0.6) is 0 Å². The number of anilines is 1. The van der Waals surface area contributed by atoms with Crippen molar-refractivity contribution in [1.82, 2.24) is 4.90 Å². The lowest BCUT2D eigenvalue weighted by Gasteiger charge is -2.36. The zero-order valence-corrected chi connectivity index (χ0v) is 15.5. The van der Waals surface area contributed by atoms with Crippen LogP contribution in [0.4, 0.5) is 5.69 Å². The second-order valence-corrected chi connectivity index (χ2v) is 7.21. The SMILES string of the molecule is CCCCC1(O)C2=C(C=CCC2)C(=O)N1Cc1ccc(N(C)C)cc1. The molecule has 1 heterocycles. The highest BCUT2D eigenvalue weighted by Crippen LogP contribution is 2.43. The Hall–Kier alpha value is -2.07. The number of unbranched alkanes of at least 4 members (excludes halogenated alkanes) is 1. The first-order valence-corrected chi connectivity index (χ1v) is 9.18. The summed E-state index contributed by atoms with van der Waals surface area (Å²) in [6.45, 7) is 2.55. The van der Waals surface area contributed by atoms with E-state index >= 15 is 0 Å². The summed E-state index contributed by atoms with van der Waals surface area (Å²) in [4.78, 5) is 16.7. The molecule has 1 aromatic carbocycles. The summed E-state index contributed by atoms with van der Waals surface area (Å²) in [5, 5.41) is 11.5. The van der Waals surface area contributed by atoms with E-state index in [4.69, 9.17) is 0 Å². The summed E-state index contributed by atoms with van der Waals surface area (Å²) in [7, 11) is 4.01. The van der Waals surface area contributed by atoms with Crippen LogP contribution in [0.15, 0.2) is 47.6 Å². The molecule has 1 aromatic rings. The molecule has 25 heavy (non-hydrogen) atoms. The fourth-order valence-corrected chi connectivity index (χ4v) is 3.75. The number of allylic oxidation sites excluding steroid dienone is 1. The van der Waals surface area contributed by atoms with Gasteiger partial charge in [0.25, 0.3) is 5.91 Å². The number of hydrogen-bond acceptors (Lipinski definition) is 3. The van der Waals surface area contributed by atoms with E-state index in [-0.39, 0.29) is 5.91 Å². The van der Waals surface area contributed by atoms with Crippen LogP contribution >= 0.6 is 0 Å². The van der Waals surface area contributed by atoms with Gasteiger partial charge in [0.2, 0.25) is 0 Å². The normalized spacial score (nSPS) is 22.6. The van der Waals surface area contributed by atoms with Gasteiger partial charge in [0.15, 0.2) is 5.72 Å². The first-order valence-electron chi connectivity index (χ1n) is 9.18. The number of nitrogens with zero attached hydrogens (tertiary/aromatic N) is 2. The van der Waals surface area contributed by atoms with Gasteiger partial charge in [0, 0.05) is 31.9 Å². The largest absolute Gasteiger partial charge is 0.378 e. The molecule has 0 radical (unpaired) electrons. The second kappa shape index (κ2) is 7.04. The lowest BCUT2D eigenvalue weighted by Crippen LogP contribution is -2.47. The molecular weight excluding hydrogens is 312 g/mol. The van der Waals surface area contributed by atoms with E-state index in [1.165, 1.54) is 0 Å². The van der Waals surface area contributed by atoms with Gasteiger partial charge in [-0.05, 0) is 49.0 Å². The maximum absolute atomic E-state index is 12.9. The summed E-state index contributed by atoms with van der Waals surface area (Å²) in [6.07, 6.45) is 8.11. The van der Waals surface area contributed by atoms with E-state index in [1.54, 1.807) is 4.90 Å². The maximum atomic E-state index is 12.9. The van der Waals surface area contributed by atoms with Crippen LogP contribution in [-0.2, 0) is 11.3 Å².